The summed E-state index contributed by atoms with van der Waals surface area (Å²) in [6.07, 6.45) is 0. The van der Waals surface area contributed by atoms with Crippen molar-refractivity contribution in [1.29, 1.82) is 0 Å². The summed E-state index contributed by atoms with van der Waals surface area (Å²) < 4.78 is 0. The van der Waals surface area contributed by atoms with E-state index in [1.807, 2.05) is 6.66 Å². The normalized spacial score (nSPS) is 9.92. The molecule has 1 heteroatoms. The molecule has 0 aliphatic heterocycles. The molecule has 0 spiro atoms. The molecule has 0 amide bonds. The first-order valence-corrected chi connectivity index (χ1v) is 9.96. The van der Waals surface area contributed by atoms with Crippen LogP contribution < -0.4 is 0 Å². The molecule has 0 aliphatic rings. The highest BCUT2D eigenvalue weighted by atomic mass is 31.0. The largest absolute Gasteiger partial charge is 0.141 e. The highest BCUT2D eigenvalue weighted by Crippen LogP contribution is 2.39. The SMILES string of the molecule is CP.c1ccc(-c2cccc(-c3ccccc3)c2-c2ccccc2)cc1. The quantitative estimate of drug-likeness (QED) is 0.342. The lowest BCUT2D eigenvalue weighted by molar-refractivity contribution is 1.56. The lowest BCUT2D eigenvalue weighted by Crippen LogP contribution is -1.90. The maximum atomic E-state index is 2.42. The summed E-state index contributed by atoms with van der Waals surface area (Å²) in [6.45, 7) is 1.92. The molecule has 1 unspecified atom stereocenters. The van der Waals surface area contributed by atoms with Crippen molar-refractivity contribution < 1.29 is 0 Å². The second-order valence-corrected chi connectivity index (χ2v) is 5.83. The molecule has 128 valence electrons. The fourth-order valence-corrected chi connectivity index (χ4v) is 3.18. The van der Waals surface area contributed by atoms with Crippen molar-refractivity contribution in [2.24, 2.45) is 0 Å². The predicted molar refractivity (Wildman–Crippen MR) is 118 cm³/mol. The van der Waals surface area contributed by atoms with Crippen LogP contribution >= 0.6 is 9.24 Å². The molecule has 0 radical (unpaired) electrons. The zero-order valence-corrected chi connectivity index (χ0v) is 16.1. The van der Waals surface area contributed by atoms with Crippen molar-refractivity contribution >= 4 is 9.24 Å². The Kier molecular flexibility index (Phi) is 6.36. The van der Waals surface area contributed by atoms with Gasteiger partial charge in [0.1, 0.15) is 0 Å². The number of hydrogen-bond acceptors (Lipinski definition) is 0. The van der Waals surface area contributed by atoms with Crippen LogP contribution in [0.25, 0.3) is 33.4 Å². The third-order valence-electron chi connectivity index (χ3n) is 4.30. The Bertz CT molecular complexity index is 872. The smallest absolute Gasteiger partial charge is 0.00268 e. The average Bonchev–Trinajstić information content (AvgIpc) is 2.76. The first-order chi connectivity index (χ1) is 12.9. The van der Waals surface area contributed by atoms with Gasteiger partial charge >= 0.3 is 0 Å². The Morgan fingerprint density at radius 2 is 0.731 bits per heavy atom. The van der Waals surface area contributed by atoms with Crippen LogP contribution in [0.1, 0.15) is 0 Å². The third kappa shape index (κ3) is 3.93. The zero-order chi connectivity index (χ0) is 18.2. The van der Waals surface area contributed by atoms with E-state index in [4.69, 9.17) is 0 Å². The fourth-order valence-electron chi connectivity index (χ4n) is 3.18. The predicted octanol–water partition coefficient (Wildman–Crippen LogP) is 7.18. The molecular weight excluding hydrogens is 331 g/mol. The van der Waals surface area contributed by atoms with Crippen molar-refractivity contribution in [3.63, 3.8) is 0 Å². The molecule has 26 heavy (non-hydrogen) atoms. The minimum absolute atomic E-state index is 1.24. The topological polar surface area (TPSA) is 0 Å². The van der Waals surface area contributed by atoms with E-state index in [-0.39, 0.29) is 0 Å². The van der Waals surface area contributed by atoms with Crippen molar-refractivity contribution in [2.75, 3.05) is 6.66 Å². The summed E-state index contributed by atoms with van der Waals surface area (Å²) in [4.78, 5) is 0. The molecule has 0 saturated carbocycles. The van der Waals surface area contributed by atoms with Gasteiger partial charge in [-0.05, 0) is 33.4 Å². The zero-order valence-electron chi connectivity index (χ0n) is 15.0. The van der Waals surface area contributed by atoms with E-state index in [1.165, 1.54) is 33.4 Å². The minimum atomic E-state index is 1.24. The van der Waals surface area contributed by atoms with Crippen molar-refractivity contribution in [1.82, 2.24) is 0 Å². The molecule has 0 nitrogen and oxygen atoms in total. The van der Waals surface area contributed by atoms with Gasteiger partial charge in [-0.15, -0.1) is 9.24 Å². The molecule has 0 fully saturated rings. The van der Waals surface area contributed by atoms with Crippen molar-refractivity contribution in [3.8, 4) is 33.4 Å². The van der Waals surface area contributed by atoms with Crippen LogP contribution in [0.15, 0.2) is 109 Å². The van der Waals surface area contributed by atoms with Gasteiger partial charge in [0.25, 0.3) is 0 Å². The van der Waals surface area contributed by atoms with Gasteiger partial charge in [-0.25, -0.2) is 0 Å². The molecule has 0 aromatic heterocycles. The molecule has 0 N–H and O–H groups in total. The van der Waals surface area contributed by atoms with Crippen molar-refractivity contribution in [3.05, 3.63) is 109 Å². The van der Waals surface area contributed by atoms with E-state index in [9.17, 15) is 0 Å². The number of rotatable bonds is 3. The summed E-state index contributed by atoms with van der Waals surface area (Å²) in [6, 6.07) is 38.4. The Hall–Kier alpha value is -2.69. The third-order valence-corrected chi connectivity index (χ3v) is 4.30. The number of benzene rings is 4. The summed E-state index contributed by atoms with van der Waals surface area (Å²) in [5.74, 6) is 0. The van der Waals surface area contributed by atoms with E-state index in [0.29, 0.717) is 0 Å². The van der Waals surface area contributed by atoms with Crippen LogP contribution in [0.2, 0.25) is 0 Å². The van der Waals surface area contributed by atoms with Crippen LogP contribution in [0, 0.1) is 0 Å². The van der Waals surface area contributed by atoms with E-state index in [1.54, 1.807) is 0 Å². The first-order valence-electron chi connectivity index (χ1n) is 8.80. The van der Waals surface area contributed by atoms with Gasteiger partial charge in [-0.2, -0.15) is 0 Å². The fraction of sp³-hybridized carbons (Fsp3) is 0.0400. The maximum Gasteiger partial charge on any atom is -0.00268 e. The van der Waals surface area contributed by atoms with Crippen LogP contribution in [0.4, 0.5) is 0 Å². The Morgan fingerprint density at radius 3 is 1.12 bits per heavy atom. The second-order valence-electron chi connectivity index (χ2n) is 5.83. The molecule has 1 atom stereocenters. The van der Waals surface area contributed by atoms with Gasteiger partial charge in [-0.1, -0.05) is 116 Å². The van der Waals surface area contributed by atoms with Crippen LogP contribution in [-0.4, -0.2) is 6.66 Å². The summed E-state index contributed by atoms with van der Waals surface area (Å²) >= 11 is 0. The van der Waals surface area contributed by atoms with E-state index in [0.717, 1.165) is 0 Å². The molecular formula is C25H23P. The molecule has 0 aliphatic carbocycles. The maximum absolute atomic E-state index is 2.42. The Labute approximate surface area is 158 Å². The molecule has 4 aromatic rings. The minimum Gasteiger partial charge on any atom is -0.141 e. The lowest BCUT2D eigenvalue weighted by Gasteiger charge is -2.16. The number of hydrogen-bond donors (Lipinski definition) is 0. The van der Waals surface area contributed by atoms with Crippen LogP contribution in [-0.2, 0) is 0 Å². The Morgan fingerprint density at radius 1 is 0.385 bits per heavy atom. The summed E-state index contributed by atoms with van der Waals surface area (Å²) in [5.41, 5.74) is 7.56. The van der Waals surface area contributed by atoms with Crippen molar-refractivity contribution in [2.45, 2.75) is 0 Å². The lowest BCUT2D eigenvalue weighted by atomic mass is 9.88. The molecule has 4 rings (SSSR count). The highest BCUT2D eigenvalue weighted by molar-refractivity contribution is 7.15. The van der Waals surface area contributed by atoms with Gasteiger partial charge in [0.15, 0.2) is 0 Å². The van der Waals surface area contributed by atoms with E-state index in [2.05, 4.69) is 118 Å². The monoisotopic (exact) mass is 354 g/mol. The average molecular weight is 354 g/mol. The molecule has 4 aromatic carbocycles. The van der Waals surface area contributed by atoms with Gasteiger partial charge in [-0.3, -0.25) is 0 Å². The van der Waals surface area contributed by atoms with Gasteiger partial charge in [0.2, 0.25) is 0 Å². The van der Waals surface area contributed by atoms with Gasteiger partial charge in [0.05, 0.1) is 0 Å². The first kappa shape index (κ1) is 18.1. The molecule has 0 saturated heterocycles. The summed E-state index contributed by atoms with van der Waals surface area (Å²) in [7, 11) is 2.42. The van der Waals surface area contributed by atoms with E-state index < -0.39 is 0 Å². The molecule has 0 heterocycles. The van der Waals surface area contributed by atoms with Gasteiger partial charge in [0, 0.05) is 0 Å². The highest BCUT2D eigenvalue weighted by Gasteiger charge is 2.13. The van der Waals surface area contributed by atoms with E-state index >= 15 is 0 Å². The second kappa shape index (κ2) is 9.13. The Balaban J connectivity index is 0.000000948. The summed E-state index contributed by atoms with van der Waals surface area (Å²) in [5, 5.41) is 0. The van der Waals surface area contributed by atoms with Crippen LogP contribution in [0.5, 0.6) is 0 Å². The van der Waals surface area contributed by atoms with Crippen LogP contribution in [0.3, 0.4) is 0 Å². The van der Waals surface area contributed by atoms with Gasteiger partial charge < -0.3 is 0 Å². The standard InChI is InChI=1S/C24H18.CH5P/c1-4-11-19(12-5-1)22-17-10-18-23(20-13-6-2-7-14-20)24(22)21-15-8-3-9-16-21;1-2/h1-18H;2H2,1H3. The molecule has 0 bridgehead atoms.